The molecule has 1 aromatic heterocycles. The van der Waals surface area contributed by atoms with Gasteiger partial charge in [-0.1, -0.05) is 34.5 Å². The molecule has 0 aliphatic rings. The van der Waals surface area contributed by atoms with Gasteiger partial charge in [0.05, 0.1) is 5.02 Å². The van der Waals surface area contributed by atoms with E-state index in [4.69, 9.17) is 23.2 Å². The molecule has 0 spiro atoms. The molecular weight excluding hydrogens is 227 g/mol. The summed E-state index contributed by atoms with van der Waals surface area (Å²) in [5, 5.41) is 9.69. The van der Waals surface area contributed by atoms with E-state index in [1.165, 1.54) is 11.3 Å². The summed E-state index contributed by atoms with van der Waals surface area (Å²) in [4.78, 5) is 0. The lowest BCUT2D eigenvalue weighted by Crippen LogP contribution is -1.78. The highest BCUT2D eigenvalue weighted by Crippen LogP contribution is 2.30. The Balaban J connectivity index is 2.53. The van der Waals surface area contributed by atoms with Gasteiger partial charge >= 0.3 is 0 Å². The molecule has 0 radical (unpaired) electrons. The summed E-state index contributed by atoms with van der Waals surface area (Å²) in [6, 6.07) is 5.31. The van der Waals surface area contributed by atoms with Crippen LogP contribution in [0.4, 0.5) is 0 Å². The molecule has 0 atom stereocenters. The van der Waals surface area contributed by atoms with E-state index in [1.807, 2.05) is 6.07 Å². The number of aromatic nitrogens is 2. The maximum atomic E-state index is 5.98. The fourth-order valence-electron chi connectivity index (χ4n) is 0.953. The van der Waals surface area contributed by atoms with Crippen molar-refractivity contribution in [1.29, 1.82) is 0 Å². The predicted molar refractivity (Wildman–Crippen MR) is 55.4 cm³/mol. The summed E-state index contributed by atoms with van der Waals surface area (Å²) in [6.45, 7) is 0. The van der Waals surface area contributed by atoms with Crippen molar-refractivity contribution in [3.05, 3.63) is 33.8 Å². The molecule has 0 N–H and O–H groups in total. The third kappa shape index (κ3) is 1.82. The molecule has 2 aromatic rings. The molecule has 0 aliphatic heterocycles. The van der Waals surface area contributed by atoms with Gasteiger partial charge in [0.1, 0.15) is 10.5 Å². The zero-order valence-electron chi connectivity index (χ0n) is 6.37. The Morgan fingerprint density at radius 3 is 2.69 bits per heavy atom. The third-order valence-corrected chi connectivity index (χ3v) is 2.79. The molecule has 2 rings (SSSR count). The molecule has 0 amide bonds. The zero-order chi connectivity index (χ0) is 9.26. The third-order valence-electron chi connectivity index (χ3n) is 1.52. The molecular formula is C8H4Cl2N2S. The van der Waals surface area contributed by atoms with Crippen LogP contribution < -0.4 is 0 Å². The fraction of sp³-hybridized carbons (Fsp3) is 0. The van der Waals surface area contributed by atoms with E-state index in [0.29, 0.717) is 10.0 Å². The lowest BCUT2D eigenvalue weighted by molar-refractivity contribution is 1.10. The maximum Gasteiger partial charge on any atom is 0.149 e. The van der Waals surface area contributed by atoms with E-state index in [-0.39, 0.29) is 0 Å². The second-order valence-electron chi connectivity index (χ2n) is 2.37. The minimum absolute atomic E-state index is 0.601. The van der Waals surface area contributed by atoms with Crippen molar-refractivity contribution >= 4 is 34.5 Å². The molecule has 0 saturated carbocycles. The van der Waals surface area contributed by atoms with Gasteiger partial charge < -0.3 is 0 Å². The molecule has 1 aromatic carbocycles. The van der Waals surface area contributed by atoms with Crippen LogP contribution in [-0.2, 0) is 0 Å². The van der Waals surface area contributed by atoms with Crippen LogP contribution in [0.25, 0.3) is 10.6 Å². The van der Waals surface area contributed by atoms with E-state index >= 15 is 0 Å². The number of nitrogens with zero attached hydrogens (tertiary/aromatic N) is 2. The van der Waals surface area contributed by atoms with Gasteiger partial charge in [0.25, 0.3) is 0 Å². The summed E-state index contributed by atoms with van der Waals surface area (Å²) in [7, 11) is 0. The smallest absolute Gasteiger partial charge is 0.147 e. The van der Waals surface area contributed by atoms with Crippen LogP contribution in [0.3, 0.4) is 0 Å². The monoisotopic (exact) mass is 230 g/mol. The van der Waals surface area contributed by atoms with E-state index in [1.54, 1.807) is 17.6 Å². The Kier molecular flexibility index (Phi) is 2.49. The first-order valence-electron chi connectivity index (χ1n) is 3.49. The lowest BCUT2D eigenvalue weighted by Gasteiger charge is -1.98. The Morgan fingerprint density at radius 1 is 1.23 bits per heavy atom. The lowest BCUT2D eigenvalue weighted by atomic mass is 10.2. The van der Waals surface area contributed by atoms with Gasteiger partial charge in [-0.25, -0.2) is 0 Å². The van der Waals surface area contributed by atoms with Crippen LogP contribution in [0, 0.1) is 0 Å². The van der Waals surface area contributed by atoms with Crippen molar-refractivity contribution < 1.29 is 0 Å². The summed E-state index contributed by atoms with van der Waals surface area (Å²) < 4.78 is 0. The summed E-state index contributed by atoms with van der Waals surface area (Å²) in [5.41, 5.74) is 2.54. The van der Waals surface area contributed by atoms with E-state index in [0.717, 1.165) is 10.6 Å². The van der Waals surface area contributed by atoms with Crippen LogP contribution in [-0.4, -0.2) is 10.2 Å². The Bertz CT molecular complexity index is 414. The molecule has 0 bridgehead atoms. The Labute approximate surface area is 89.1 Å². The van der Waals surface area contributed by atoms with Crippen LogP contribution >= 0.6 is 34.5 Å². The number of rotatable bonds is 1. The highest BCUT2D eigenvalue weighted by Gasteiger charge is 2.06. The Hall–Kier alpha value is -0.640. The standard InChI is InChI=1S/C8H4Cl2N2S/c9-5-1-2-6(7(10)3-5)8-12-11-4-13-8/h1-4H. The minimum atomic E-state index is 0.601. The van der Waals surface area contributed by atoms with Gasteiger partial charge in [-0.05, 0) is 18.2 Å². The second kappa shape index (κ2) is 3.62. The first-order valence-corrected chi connectivity index (χ1v) is 5.12. The van der Waals surface area contributed by atoms with Gasteiger partial charge in [-0.3, -0.25) is 0 Å². The van der Waals surface area contributed by atoms with Gasteiger partial charge in [0.15, 0.2) is 0 Å². The molecule has 5 heteroatoms. The first kappa shape index (κ1) is 8.94. The molecule has 0 fully saturated rings. The number of hydrogen-bond acceptors (Lipinski definition) is 3. The number of halogens is 2. The fourth-order valence-corrected chi connectivity index (χ4v) is 2.10. The van der Waals surface area contributed by atoms with E-state index < -0.39 is 0 Å². The van der Waals surface area contributed by atoms with Crippen molar-refractivity contribution in [2.24, 2.45) is 0 Å². The zero-order valence-corrected chi connectivity index (χ0v) is 8.70. The summed E-state index contributed by atoms with van der Waals surface area (Å²) in [6.07, 6.45) is 0. The van der Waals surface area contributed by atoms with Crippen LogP contribution in [0.1, 0.15) is 0 Å². The molecule has 0 unspecified atom stereocenters. The second-order valence-corrected chi connectivity index (χ2v) is 4.04. The summed E-state index contributed by atoms with van der Waals surface area (Å²) in [5.74, 6) is 0. The molecule has 66 valence electrons. The van der Waals surface area contributed by atoms with Crippen molar-refractivity contribution in [2.75, 3.05) is 0 Å². The topological polar surface area (TPSA) is 25.8 Å². The van der Waals surface area contributed by atoms with Crippen LogP contribution in [0.2, 0.25) is 10.0 Å². The molecule has 0 saturated heterocycles. The van der Waals surface area contributed by atoms with Gasteiger partial charge in [0, 0.05) is 10.6 Å². The van der Waals surface area contributed by atoms with Gasteiger partial charge in [0.2, 0.25) is 0 Å². The van der Waals surface area contributed by atoms with Crippen molar-refractivity contribution in [3.8, 4) is 10.6 Å². The van der Waals surface area contributed by atoms with Crippen LogP contribution in [0.5, 0.6) is 0 Å². The number of hydrogen-bond donors (Lipinski definition) is 0. The number of benzene rings is 1. The normalized spacial score (nSPS) is 10.3. The van der Waals surface area contributed by atoms with Gasteiger partial charge in [-0.2, -0.15) is 0 Å². The highest BCUT2D eigenvalue weighted by molar-refractivity contribution is 7.12. The average molecular weight is 231 g/mol. The Morgan fingerprint density at radius 2 is 2.08 bits per heavy atom. The average Bonchev–Trinajstić information content (AvgIpc) is 2.56. The highest BCUT2D eigenvalue weighted by atomic mass is 35.5. The van der Waals surface area contributed by atoms with Crippen molar-refractivity contribution in [2.45, 2.75) is 0 Å². The molecule has 13 heavy (non-hydrogen) atoms. The molecule has 2 nitrogen and oxygen atoms in total. The van der Waals surface area contributed by atoms with Crippen LogP contribution in [0.15, 0.2) is 23.7 Å². The SMILES string of the molecule is Clc1ccc(-c2nncs2)c(Cl)c1. The van der Waals surface area contributed by atoms with Gasteiger partial charge in [-0.15, -0.1) is 10.2 Å². The van der Waals surface area contributed by atoms with Crippen molar-refractivity contribution in [3.63, 3.8) is 0 Å². The maximum absolute atomic E-state index is 5.98. The predicted octanol–water partition coefficient (Wildman–Crippen LogP) is 3.51. The first-order chi connectivity index (χ1) is 6.27. The molecule has 0 aliphatic carbocycles. The largest absolute Gasteiger partial charge is 0.149 e. The van der Waals surface area contributed by atoms with Crippen molar-refractivity contribution in [1.82, 2.24) is 10.2 Å². The minimum Gasteiger partial charge on any atom is -0.147 e. The molecule has 1 heterocycles. The van der Waals surface area contributed by atoms with E-state index in [2.05, 4.69) is 10.2 Å². The summed E-state index contributed by atoms with van der Waals surface area (Å²) >= 11 is 13.2. The van der Waals surface area contributed by atoms with E-state index in [9.17, 15) is 0 Å². The quantitative estimate of drug-likeness (QED) is 0.750.